The number of nitrogens with zero attached hydrogens (tertiary/aromatic N) is 2. The maximum Gasteiger partial charge on any atom is 0.305 e. The molecule has 1 saturated heterocycles. The molecule has 1 heterocycles. The second kappa shape index (κ2) is 9.38. The van der Waals surface area contributed by atoms with Crippen LogP contribution in [0.4, 0.5) is 0 Å². The molecule has 1 aliphatic heterocycles. The molecule has 0 bridgehead atoms. The van der Waals surface area contributed by atoms with Gasteiger partial charge in [-0.3, -0.25) is 9.59 Å². The highest BCUT2D eigenvalue weighted by Gasteiger charge is 2.32. The van der Waals surface area contributed by atoms with Crippen LogP contribution >= 0.6 is 23.4 Å². The molecule has 1 atom stereocenters. The van der Waals surface area contributed by atoms with E-state index in [1.165, 1.54) is 6.21 Å². The summed E-state index contributed by atoms with van der Waals surface area (Å²) in [6, 6.07) is 14.7. The summed E-state index contributed by atoms with van der Waals surface area (Å²) in [7, 11) is 0. The van der Waals surface area contributed by atoms with Gasteiger partial charge in [0, 0.05) is 10.6 Å². The van der Waals surface area contributed by atoms with Gasteiger partial charge in [0.2, 0.25) is 5.91 Å². The Labute approximate surface area is 170 Å². The molecule has 1 unspecified atom stereocenters. The summed E-state index contributed by atoms with van der Waals surface area (Å²) in [6.07, 6.45) is 1.27. The van der Waals surface area contributed by atoms with Gasteiger partial charge in [-0.05, 0) is 35.9 Å². The van der Waals surface area contributed by atoms with Gasteiger partial charge in [-0.2, -0.15) is 5.10 Å². The molecule has 144 valence electrons. The molecule has 1 amide bonds. The standard InChI is InChI=1S/C19H16ClN3O4S/c20-15-4-2-1-3-13(15)11-27-14-7-5-12(6-8-14)10-21-23-19-22-18(26)16(28-19)9-17(24)25/h1-8,10,16H,9,11H2,(H,24,25)(H,22,23,26). The van der Waals surface area contributed by atoms with Gasteiger partial charge in [-0.25, -0.2) is 0 Å². The van der Waals surface area contributed by atoms with Gasteiger partial charge in [-0.15, -0.1) is 5.10 Å². The van der Waals surface area contributed by atoms with Gasteiger partial charge in [0.25, 0.3) is 0 Å². The average molecular weight is 418 g/mol. The topological polar surface area (TPSA) is 100 Å². The molecule has 28 heavy (non-hydrogen) atoms. The first-order valence-electron chi connectivity index (χ1n) is 8.28. The summed E-state index contributed by atoms with van der Waals surface area (Å²) in [5.74, 6) is -0.714. The lowest BCUT2D eigenvalue weighted by atomic mass is 10.2. The largest absolute Gasteiger partial charge is 0.489 e. The van der Waals surface area contributed by atoms with Crippen LogP contribution in [0.15, 0.2) is 58.7 Å². The Bertz CT molecular complexity index is 931. The summed E-state index contributed by atoms with van der Waals surface area (Å²) in [5.41, 5.74) is 1.70. The SMILES string of the molecule is O=C(O)CC1S/C(=N/N=Cc2ccc(OCc3ccccc3Cl)cc2)NC1=O. The van der Waals surface area contributed by atoms with Crippen molar-refractivity contribution in [2.75, 3.05) is 0 Å². The number of halogens is 1. The maximum atomic E-state index is 11.6. The molecule has 0 saturated carbocycles. The number of carbonyl (C=O) groups is 2. The van der Waals surface area contributed by atoms with E-state index in [9.17, 15) is 9.59 Å². The number of benzene rings is 2. The minimum atomic E-state index is -1.03. The number of hydrogen-bond donors (Lipinski definition) is 2. The van der Waals surface area contributed by atoms with Crippen LogP contribution in [0, 0.1) is 0 Å². The summed E-state index contributed by atoms with van der Waals surface area (Å²) < 4.78 is 5.71. The van der Waals surface area contributed by atoms with Crippen LogP contribution in [-0.2, 0) is 16.2 Å². The first-order valence-corrected chi connectivity index (χ1v) is 9.53. The van der Waals surface area contributed by atoms with E-state index >= 15 is 0 Å². The predicted octanol–water partition coefficient (Wildman–Crippen LogP) is 3.32. The molecule has 2 aromatic rings. The fourth-order valence-corrected chi connectivity index (χ4v) is 3.43. The summed E-state index contributed by atoms with van der Waals surface area (Å²) in [4.78, 5) is 22.3. The third kappa shape index (κ3) is 5.58. The number of aliphatic carboxylic acids is 1. The van der Waals surface area contributed by atoms with Gasteiger partial charge < -0.3 is 15.2 Å². The Hall–Kier alpha value is -2.84. The summed E-state index contributed by atoms with van der Waals surface area (Å²) in [5, 5.41) is 19.4. The Kier molecular flexibility index (Phi) is 6.67. The number of hydrogen-bond acceptors (Lipinski definition) is 6. The van der Waals surface area contributed by atoms with Crippen molar-refractivity contribution in [3.8, 4) is 5.75 Å². The fourth-order valence-electron chi connectivity index (χ4n) is 2.32. The maximum absolute atomic E-state index is 11.6. The Morgan fingerprint density at radius 2 is 2.00 bits per heavy atom. The van der Waals surface area contributed by atoms with Crippen molar-refractivity contribution < 1.29 is 19.4 Å². The van der Waals surface area contributed by atoms with E-state index in [0.29, 0.717) is 17.4 Å². The van der Waals surface area contributed by atoms with E-state index in [-0.39, 0.29) is 17.5 Å². The molecule has 7 nitrogen and oxygen atoms in total. The van der Waals surface area contributed by atoms with Crippen LogP contribution in [0.2, 0.25) is 5.02 Å². The molecule has 0 spiro atoms. The first kappa shape index (κ1) is 19.9. The highest BCUT2D eigenvalue weighted by atomic mass is 35.5. The molecule has 9 heteroatoms. The van der Waals surface area contributed by atoms with Gasteiger partial charge in [-0.1, -0.05) is 41.6 Å². The third-order valence-corrected chi connectivity index (χ3v) is 5.17. The third-order valence-electron chi connectivity index (χ3n) is 3.72. The molecular formula is C19H16ClN3O4S. The van der Waals surface area contributed by atoms with Crippen LogP contribution in [-0.4, -0.2) is 33.6 Å². The van der Waals surface area contributed by atoms with Crippen molar-refractivity contribution in [3.05, 3.63) is 64.7 Å². The van der Waals surface area contributed by atoms with E-state index in [4.69, 9.17) is 21.4 Å². The highest BCUT2D eigenvalue weighted by Crippen LogP contribution is 2.22. The fraction of sp³-hybridized carbons (Fsp3) is 0.158. The molecule has 3 rings (SSSR count). The highest BCUT2D eigenvalue weighted by molar-refractivity contribution is 8.15. The van der Waals surface area contributed by atoms with E-state index in [2.05, 4.69) is 15.5 Å². The average Bonchev–Trinajstić information content (AvgIpc) is 3.01. The van der Waals surface area contributed by atoms with E-state index in [1.807, 2.05) is 36.4 Å². The van der Waals surface area contributed by atoms with Crippen LogP contribution in [0.5, 0.6) is 5.75 Å². The molecule has 0 aliphatic carbocycles. The summed E-state index contributed by atoms with van der Waals surface area (Å²) >= 11 is 7.16. The van der Waals surface area contributed by atoms with Crippen LogP contribution in [0.1, 0.15) is 17.5 Å². The zero-order valence-electron chi connectivity index (χ0n) is 14.5. The number of amidine groups is 1. The molecule has 2 aromatic carbocycles. The first-order chi connectivity index (χ1) is 13.5. The number of thioether (sulfide) groups is 1. The molecule has 0 aromatic heterocycles. The second-order valence-corrected chi connectivity index (χ2v) is 7.39. The number of ether oxygens (including phenoxy) is 1. The van der Waals surface area contributed by atoms with Crippen LogP contribution in [0.25, 0.3) is 0 Å². The van der Waals surface area contributed by atoms with Crippen molar-refractivity contribution in [1.82, 2.24) is 5.32 Å². The molecule has 1 fully saturated rings. The smallest absolute Gasteiger partial charge is 0.305 e. The lowest BCUT2D eigenvalue weighted by molar-refractivity contribution is -0.138. The normalized spacial score (nSPS) is 17.8. The predicted molar refractivity (Wildman–Crippen MR) is 109 cm³/mol. The van der Waals surface area contributed by atoms with Crippen molar-refractivity contribution in [3.63, 3.8) is 0 Å². The van der Waals surface area contributed by atoms with Crippen molar-refractivity contribution in [1.29, 1.82) is 0 Å². The molecule has 2 N–H and O–H groups in total. The quantitative estimate of drug-likeness (QED) is 0.531. The molecule has 1 aliphatic rings. The van der Waals surface area contributed by atoms with Crippen molar-refractivity contribution in [2.24, 2.45) is 10.2 Å². The molecular weight excluding hydrogens is 402 g/mol. The van der Waals surface area contributed by atoms with Gasteiger partial charge >= 0.3 is 5.97 Å². The lowest BCUT2D eigenvalue weighted by Gasteiger charge is -2.07. The minimum Gasteiger partial charge on any atom is -0.489 e. The van der Waals surface area contributed by atoms with Gasteiger partial charge in [0.05, 0.1) is 12.6 Å². The number of carboxylic acids is 1. The van der Waals surface area contributed by atoms with Crippen molar-refractivity contribution >= 4 is 46.6 Å². The second-order valence-electron chi connectivity index (χ2n) is 5.79. The zero-order valence-corrected chi connectivity index (χ0v) is 16.1. The van der Waals surface area contributed by atoms with E-state index in [0.717, 1.165) is 22.9 Å². The number of carboxylic acid groups (broad SMARTS) is 1. The number of carbonyl (C=O) groups excluding carboxylic acids is 1. The Morgan fingerprint density at radius 1 is 1.25 bits per heavy atom. The number of amides is 1. The lowest BCUT2D eigenvalue weighted by Crippen LogP contribution is -2.26. The van der Waals surface area contributed by atoms with Gasteiger partial charge in [0.1, 0.15) is 17.6 Å². The number of rotatable bonds is 7. The van der Waals surface area contributed by atoms with Crippen LogP contribution in [0.3, 0.4) is 0 Å². The van der Waals surface area contributed by atoms with Crippen molar-refractivity contribution in [2.45, 2.75) is 18.3 Å². The van der Waals surface area contributed by atoms with E-state index < -0.39 is 11.2 Å². The minimum absolute atomic E-state index is 0.255. The monoisotopic (exact) mass is 417 g/mol. The summed E-state index contributed by atoms with van der Waals surface area (Å²) in [6.45, 7) is 0.370. The Morgan fingerprint density at radius 3 is 2.71 bits per heavy atom. The van der Waals surface area contributed by atoms with Crippen LogP contribution < -0.4 is 10.1 Å². The number of nitrogens with one attached hydrogen (secondary N) is 1. The van der Waals surface area contributed by atoms with E-state index in [1.54, 1.807) is 12.1 Å². The zero-order chi connectivity index (χ0) is 19.9. The Balaban J connectivity index is 1.53. The van der Waals surface area contributed by atoms with Gasteiger partial charge in [0.15, 0.2) is 5.17 Å². The molecule has 0 radical (unpaired) electrons.